The minimum atomic E-state index is -0.707. The molecule has 1 fully saturated rings. The molecule has 1 saturated carbocycles. The number of carboxylic acids is 1. The van der Waals surface area contributed by atoms with Crippen LogP contribution in [0, 0.1) is 11.8 Å². The lowest BCUT2D eigenvalue weighted by atomic mass is 9.69. The highest BCUT2D eigenvalue weighted by atomic mass is 16.4. The van der Waals surface area contributed by atoms with Crippen molar-refractivity contribution in [2.24, 2.45) is 16.8 Å². The van der Waals surface area contributed by atoms with E-state index in [1.807, 2.05) is 24.3 Å². The fraction of sp³-hybridized carbons (Fsp3) is 0.500. The topological polar surface area (TPSA) is 49.7 Å². The Morgan fingerprint density at radius 1 is 1.42 bits per heavy atom. The Bertz CT molecular complexity index is 535. The van der Waals surface area contributed by atoms with Gasteiger partial charge < -0.3 is 5.11 Å². The monoisotopic (exact) mass is 257 g/mol. The van der Waals surface area contributed by atoms with Crippen LogP contribution in [0.15, 0.2) is 29.3 Å². The summed E-state index contributed by atoms with van der Waals surface area (Å²) in [5.74, 6) is -0.359. The van der Waals surface area contributed by atoms with Gasteiger partial charge in [0, 0.05) is 11.6 Å². The molecule has 1 N–H and O–H groups in total. The fourth-order valence-corrected chi connectivity index (χ4v) is 3.52. The number of benzene rings is 1. The largest absolute Gasteiger partial charge is 0.481 e. The van der Waals surface area contributed by atoms with E-state index in [4.69, 9.17) is 4.99 Å². The molecular formula is C16H19NO2. The molecule has 1 heterocycles. The second-order valence-corrected chi connectivity index (χ2v) is 5.63. The number of rotatable bonds is 2. The van der Waals surface area contributed by atoms with E-state index in [1.165, 1.54) is 0 Å². The molecule has 3 rings (SSSR count). The van der Waals surface area contributed by atoms with Crippen molar-refractivity contribution in [1.82, 2.24) is 0 Å². The number of nitrogens with zero attached hydrogens (tertiary/aromatic N) is 1. The summed E-state index contributed by atoms with van der Waals surface area (Å²) in [6.07, 6.45) is 4.22. The van der Waals surface area contributed by atoms with E-state index >= 15 is 0 Å². The van der Waals surface area contributed by atoms with Gasteiger partial charge in [0.05, 0.1) is 11.6 Å². The first-order valence-electron chi connectivity index (χ1n) is 7.10. The molecule has 0 amide bonds. The van der Waals surface area contributed by atoms with Crippen LogP contribution < -0.4 is 0 Å². The highest BCUT2D eigenvalue weighted by Crippen LogP contribution is 2.45. The Morgan fingerprint density at radius 2 is 2.21 bits per heavy atom. The van der Waals surface area contributed by atoms with Gasteiger partial charge in [-0.3, -0.25) is 9.79 Å². The lowest BCUT2D eigenvalue weighted by Gasteiger charge is -2.37. The van der Waals surface area contributed by atoms with E-state index in [1.54, 1.807) is 0 Å². The summed E-state index contributed by atoms with van der Waals surface area (Å²) in [7, 11) is 0. The predicted molar refractivity (Wildman–Crippen MR) is 75.0 cm³/mol. The molecule has 1 aliphatic carbocycles. The molecule has 0 saturated heterocycles. The van der Waals surface area contributed by atoms with Gasteiger partial charge in [0.15, 0.2) is 0 Å². The number of para-hydroxylation sites is 1. The quantitative estimate of drug-likeness (QED) is 0.876. The highest BCUT2D eigenvalue weighted by Gasteiger charge is 2.40. The molecule has 1 aromatic rings. The molecular weight excluding hydrogens is 238 g/mol. The minimum Gasteiger partial charge on any atom is -0.481 e. The van der Waals surface area contributed by atoms with Crippen LogP contribution in [0.25, 0.3) is 0 Å². The van der Waals surface area contributed by atoms with Crippen LogP contribution in [0.5, 0.6) is 0 Å². The number of hydrogen-bond donors (Lipinski definition) is 1. The first-order chi connectivity index (χ1) is 9.20. The number of aliphatic carboxylic acids is 1. The Labute approximate surface area is 113 Å². The maximum absolute atomic E-state index is 11.7. The molecule has 0 spiro atoms. The lowest BCUT2D eigenvalue weighted by molar-refractivity contribution is -0.139. The molecule has 1 aliphatic heterocycles. The van der Waals surface area contributed by atoms with E-state index in [9.17, 15) is 9.90 Å². The molecule has 0 radical (unpaired) electrons. The molecule has 19 heavy (non-hydrogen) atoms. The van der Waals surface area contributed by atoms with Gasteiger partial charge in [-0.05, 0) is 36.8 Å². The molecule has 100 valence electrons. The summed E-state index contributed by atoms with van der Waals surface area (Å²) in [5.41, 5.74) is 2.85. The van der Waals surface area contributed by atoms with Crippen molar-refractivity contribution < 1.29 is 9.90 Å². The van der Waals surface area contributed by atoms with Crippen molar-refractivity contribution in [3.63, 3.8) is 0 Å². The normalized spacial score (nSPS) is 29.1. The molecule has 0 unspecified atom stereocenters. The minimum absolute atomic E-state index is 0.103. The molecule has 0 aromatic heterocycles. The zero-order chi connectivity index (χ0) is 13.4. The highest BCUT2D eigenvalue weighted by molar-refractivity contribution is 5.98. The Balaban J connectivity index is 2.05. The summed E-state index contributed by atoms with van der Waals surface area (Å²) in [6.45, 7) is 2.19. The van der Waals surface area contributed by atoms with E-state index < -0.39 is 11.9 Å². The van der Waals surface area contributed by atoms with Crippen LogP contribution in [0.3, 0.4) is 0 Å². The summed E-state index contributed by atoms with van der Waals surface area (Å²) in [4.78, 5) is 16.4. The second-order valence-electron chi connectivity index (χ2n) is 5.63. The van der Waals surface area contributed by atoms with Gasteiger partial charge in [-0.2, -0.15) is 0 Å². The van der Waals surface area contributed by atoms with Crippen molar-refractivity contribution >= 4 is 17.4 Å². The first-order valence-corrected chi connectivity index (χ1v) is 7.10. The van der Waals surface area contributed by atoms with Gasteiger partial charge in [0.1, 0.15) is 0 Å². The Morgan fingerprint density at radius 3 is 2.95 bits per heavy atom. The predicted octanol–water partition coefficient (Wildman–Crippen LogP) is 3.77. The molecule has 3 atom stereocenters. The third-order valence-electron chi connectivity index (χ3n) is 4.61. The number of aliphatic imine (C=N–C) groups is 1. The molecule has 3 heteroatoms. The van der Waals surface area contributed by atoms with Crippen molar-refractivity contribution in [1.29, 1.82) is 0 Å². The van der Waals surface area contributed by atoms with Crippen LogP contribution in [0.4, 0.5) is 5.69 Å². The summed E-state index contributed by atoms with van der Waals surface area (Å²) in [6, 6.07) is 7.69. The van der Waals surface area contributed by atoms with E-state index in [-0.39, 0.29) is 5.92 Å². The summed E-state index contributed by atoms with van der Waals surface area (Å²) >= 11 is 0. The standard InChI is InChI=1S/C16H19NO2/c1-2-10-7-8-14-12(9-10)15(16(18)19)11-5-3-4-6-13(11)17-14/h3-6,10,12,15H,2,7-9H2,1H3,(H,18,19)/t10-,12-,15-/m1/s1. The lowest BCUT2D eigenvalue weighted by Crippen LogP contribution is -2.35. The molecule has 1 aromatic carbocycles. The smallest absolute Gasteiger partial charge is 0.311 e. The third-order valence-corrected chi connectivity index (χ3v) is 4.61. The van der Waals surface area contributed by atoms with Gasteiger partial charge in [-0.15, -0.1) is 0 Å². The average Bonchev–Trinajstić information content (AvgIpc) is 2.43. The van der Waals surface area contributed by atoms with Crippen LogP contribution in [0.2, 0.25) is 0 Å². The summed E-state index contributed by atoms with van der Waals surface area (Å²) in [5, 5.41) is 9.63. The van der Waals surface area contributed by atoms with E-state index in [0.717, 1.165) is 42.6 Å². The maximum atomic E-state index is 11.7. The second kappa shape index (κ2) is 4.80. The number of hydrogen-bond acceptors (Lipinski definition) is 2. The van der Waals surface area contributed by atoms with Gasteiger partial charge in [-0.1, -0.05) is 31.5 Å². The van der Waals surface area contributed by atoms with Crippen molar-refractivity contribution in [2.45, 2.75) is 38.5 Å². The Hall–Kier alpha value is -1.64. The third kappa shape index (κ3) is 2.07. The van der Waals surface area contributed by atoms with Gasteiger partial charge in [0.25, 0.3) is 0 Å². The van der Waals surface area contributed by atoms with Gasteiger partial charge in [-0.25, -0.2) is 0 Å². The van der Waals surface area contributed by atoms with Gasteiger partial charge in [0.2, 0.25) is 0 Å². The zero-order valence-electron chi connectivity index (χ0n) is 11.2. The number of fused-ring (bicyclic) bond motifs is 2. The summed E-state index contributed by atoms with van der Waals surface area (Å²) < 4.78 is 0. The van der Waals surface area contributed by atoms with Crippen LogP contribution in [-0.2, 0) is 4.79 Å². The average molecular weight is 257 g/mol. The fourth-order valence-electron chi connectivity index (χ4n) is 3.52. The van der Waals surface area contributed by atoms with Gasteiger partial charge >= 0.3 is 5.97 Å². The molecule has 0 bridgehead atoms. The molecule has 2 aliphatic rings. The zero-order valence-corrected chi connectivity index (χ0v) is 11.2. The van der Waals surface area contributed by atoms with Crippen LogP contribution in [0.1, 0.15) is 44.1 Å². The van der Waals surface area contributed by atoms with E-state index in [2.05, 4.69) is 6.92 Å². The first kappa shape index (κ1) is 12.4. The number of carboxylic acid groups (broad SMARTS) is 1. The van der Waals surface area contributed by atoms with Crippen LogP contribution in [-0.4, -0.2) is 16.8 Å². The maximum Gasteiger partial charge on any atom is 0.311 e. The van der Waals surface area contributed by atoms with Crippen molar-refractivity contribution in [3.05, 3.63) is 29.8 Å². The molecule has 3 nitrogen and oxygen atoms in total. The SMILES string of the molecule is CC[C@@H]1CCC2=Nc3ccccc3[C@@H](C(=O)O)[C@@H]2C1. The number of carbonyl (C=O) groups is 1. The van der Waals surface area contributed by atoms with Crippen molar-refractivity contribution in [2.75, 3.05) is 0 Å². The Kier molecular flexibility index (Phi) is 3.13. The van der Waals surface area contributed by atoms with Crippen molar-refractivity contribution in [3.8, 4) is 0 Å². The van der Waals surface area contributed by atoms with E-state index in [0.29, 0.717) is 5.92 Å². The van der Waals surface area contributed by atoms with Crippen LogP contribution >= 0.6 is 0 Å².